The number of nitrogens with zero attached hydrogens (tertiary/aromatic N) is 3. The van der Waals surface area contributed by atoms with Crippen LogP contribution in [0.25, 0.3) is 0 Å². The Morgan fingerprint density at radius 3 is 2.28 bits per heavy atom. The Labute approximate surface area is 183 Å². The highest BCUT2D eigenvalue weighted by Crippen LogP contribution is 2.38. The van der Waals surface area contributed by atoms with Gasteiger partial charge in [0.05, 0.1) is 29.5 Å². The molecule has 0 unspecified atom stereocenters. The van der Waals surface area contributed by atoms with Crippen molar-refractivity contribution in [1.82, 2.24) is 4.90 Å². The van der Waals surface area contributed by atoms with Crippen molar-refractivity contribution in [1.29, 1.82) is 5.26 Å². The number of hydrogen-bond donors (Lipinski definition) is 2. The second-order valence-corrected chi connectivity index (χ2v) is 7.53. The Balaban J connectivity index is 2.68. The molecule has 2 aromatic carbocycles. The van der Waals surface area contributed by atoms with Crippen LogP contribution in [0.1, 0.15) is 16.7 Å². The predicted octanol–water partition coefficient (Wildman–Crippen LogP) is 2.75. The minimum absolute atomic E-state index is 0.0474. The molecule has 2 aromatic rings. The lowest BCUT2D eigenvalue weighted by molar-refractivity contribution is -0.138. The first-order valence-corrected chi connectivity index (χ1v) is 10.1. The van der Waals surface area contributed by atoms with E-state index in [2.05, 4.69) is 0 Å². The van der Waals surface area contributed by atoms with E-state index in [0.717, 1.165) is 12.1 Å². The largest absolute Gasteiger partial charge is 0.417 e. The molecule has 8 nitrogen and oxygen atoms in total. The van der Waals surface area contributed by atoms with Crippen LogP contribution < -0.4 is 4.90 Å². The minimum atomic E-state index is -4.90. The number of nitriles is 1. The van der Waals surface area contributed by atoms with E-state index in [-0.39, 0.29) is 6.41 Å². The van der Waals surface area contributed by atoms with Crippen LogP contribution in [0, 0.1) is 11.3 Å². The van der Waals surface area contributed by atoms with Crippen molar-refractivity contribution in [2.24, 2.45) is 0 Å². The third-order valence-corrected chi connectivity index (χ3v) is 5.15. The summed E-state index contributed by atoms with van der Waals surface area (Å²) >= 11 is 0. The molecule has 0 bridgehead atoms. The molecule has 0 saturated heterocycles. The van der Waals surface area contributed by atoms with Gasteiger partial charge in [-0.15, -0.1) is 0 Å². The number of hydrogen-bond acceptors (Lipinski definition) is 7. The van der Waals surface area contributed by atoms with E-state index in [1.165, 1.54) is 37.2 Å². The summed E-state index contributed by atoms with van der Waals surface area (Å²) in [6.07, 6.45) is -4.85. The van der Waals surface area contributed by atoms with Crippen molar-refractivity contribution in [2.75, 3.05) is 25.6 Å². The Hall–Kier alpha value is -2.87. The number of halogens is 3. The van der Waals surface area contributed by atoms with Gasteiger partial charge in [0.1, 0.15) is 0 Å². The Morgan fingerprint density at radius 1 is 1.19 bits per heavy atom. The summed E-state index contributed by atoms with van der Waals surface area (Å²) in [5, 5.41) is 8.98. The zero-order valence-corrected chi connectivity index (χ0v) is 17.8. The molecule has 0 aliphatic heterocycles. The van der Waals surface area contributed by atoms with Crippen LogP contribution in [0.5, 0.6) is 0 Å². The first-order valence-electron chi connectivity index (χ1n) is 8.93. The molecule has 0 aromatic heterocycles. The van der Waals surface area contributed by atoms with Crippen LogP contribution in [0.4, 0.5) is 18.9 Å². The molecule has 1 atom stereocenters. The molecule has 170 valence electrons. The highest BCUT2D eigenvalue weighted by atomic mass is 31.2. The number of likely N-dealkylation sites (N-methyl/N-ethyl adjacent to an activating group) is 1. The molecule has 0 heterocycles. The average Bonchev–Trinajstić information content (AvgIpc) is 2.74. The van der Waals surface area contributed by atoms with Crippen molar-refractivity contribution >= 4 is 26.6 Å². The van der Waals surface area contributed by atoms with Gasteiger partial charge >= 0.3 is 14.8 Å². The molecule has 0 fully saturated rings. The van der Waals surface area contributed by atoms with E-state index in [9.17, 15) is 32.5 Å². The number of anilines is 1. The number of amides is 2. The van der Waals surface area contributed by atoms with Gasteiger partial charge in [-0.1, -0.05) is 30.3 Å². The SMILES string of the molecule is CN(C)[C@@](COP(O)O)(C(=O)N(C=O)c1ccc(C#N)c(C(F)(F)F)c1)c1ccccc1. The maximum absolute atomic E-state index is 13.6. The van der Waals surface area contributed by atoms with Crippen molar-refractivity contribution in [3.05, 3.63) is 65.2 Å². The first kappa shape index (κ1) is 25.4. The van der Waals surface area contributed by atoms with Crippen LogP contribution in [0.2, 0.25) is 0 Å². The van der Waals surface area contributed by atoms with E-state index in [0.29, 0.717) is 16.5 Å². The van der Waals surface area contributed by atoms with Crippen LogP contribution in [-0.4, -0.2) is 47.7 Å². The van der Waals surface area contributed by atoms with Crippen molar-refractivity contribution in [3.63, 3.8) is 0 Å². The average molecular weight is 469 g/mol. The van der Waals surface area contributed by atoms with Crippen molar-refractivity contribution in [2.45, 2.75) is 11.7 Å². The smallest absolute Gasteiger partial charge is 0.328 e. The molecule has 0 saturated carbocycles. The molecule has 32 heavy (non-hydrogen) atoms. The number of carbonyl (C=O) groups excluding carboxylic acids is 2. The van der Waals surface area contributed by atoms with Crippen LogP contribution in [0.3, 0.4) is 0 Å². The minimum Gasteiger partial charge on any atom is -0.328 e. The van der Waals surface area contributed by atoms with Gasteiger partial charge in [0, 0.05) is 0 Å². The summed E-state index contributed by atoms with van der Waals surface area (Å²) in [5.74, 6) is -1.00. The van der Waals surface area contributed by atoms with Crippen molar-refractivity contribution < 1.29 is 37.1 Å². The van der Waals surface area contributed by atoms with E-state index in [1.54, 1.807) is 18.2 Å². The zero-order chi connectivity index (χ0) is 24.1. The van der Waals surface area contributed by atoms with Gasteiger partial charge in [0.15, 0.2) is 5.54 Å². The Morgan fingerprint density at radius 2 is 1.81 bits per heavy atom. The lowest BCUT2D eigenvalue weighted by Crippen LogP contribution is -2.57. The number of carbonyl (C=O) groups is 2. The fourth-order valence-corrected chi connectivity index (χ4v) is 3.45. The fraction of sp³-hybridized carbons (Fsp3) is 0.250. The van der Waals surface area contributed by atoms with Gasteiger partial charge in [-0.3, -0.25) is 19.4 Å². The molecule has 2 rings (SSSR count). The van der Waals surface area contributed by atoms with Gasteiger partial charge in [-0.2, -0.15) is 18.4 Å². The van der Waals surface area contributed by atoms with Gasteiger partial charge < -0.3 is 14.3 Å². The standard InChI is InChI=1S/C20H19F3N3O5P/c1-25(2)19(12-31-32(29)30,15-6-4-3-5-7-15)18(28)26(13-27)16-9-8-14(11-24)17(10-16)20(21,22)23/h3-10,13,29-30H,12H2,1-2H3/t19-/m1/s1. The number of rotatable bonds is 8. The number of imide groups is 1. The molecule has 2 amide bonds. The molecule has 2 N–H and O–H groups in total. The molecular formula is C20H19F3N3O5P. The van der Waals surface area contributed by atoms with E-state index in [4.69, 9.17) is 9.79 Å². The van der Waals surface area contributed by atoms with Crippen LogP contribution >= 0.6 is 8.60 Å². The normalized spacial score (nSPS) is 13.5. The van der Waals surface area contributed by atoms with E-state index >= 15 is 0 Å². The lowest BCUT2D eigenvalue weighted by atomic mass is 9.87. The van der Waals surface area contributed by atoms with Gasteiger partial charge in [-0.05, 0) is 37.9 Å². The Bertz CT molecular complexity index is 1010. The van der Waals surface area contributed by atoms with Gasteiger partial charge in [0.2, 0.25) is 6.41 Å². The molecular weight excluding hydrogens is 450 g/mol. The topological polar surface area (TPSA) is 114 Å². The number of benzene rings is 2. The van der Waals surface area contributed by atoms with Crippen LogP contribution in [0.15, 0.2) is 48.5 Å². The van der Waals surface area contributed by atoms with Crippen molar-refractivity contribution in [3.8, 4) is 6.07 Å². The number of alkyl halides is 3. The third-order valence-electron chi connectivity index (χ3n) is 4.79. The zero-order valence-electron chi connectivity index (χ0n) is 16.9. The summed E-state index contributed by atoms with van der Waals surface area (Å²) in [7, 11) is 0.0526. The summed E-state index contributed by atoms with van der Waals surface area (Å²) in [6, 6.07) is 11.8. The van der Waals surface area contributed by atoms with Gasteiger partial charge in [0.25, 0.3) is 5.91 Å². The summed E-state index contributed by atoms with van der Waals surface area (Å²) < 4.78 is 45.1. The molecule has 12 heteroatoms. The molecule has 0 radical (unpaired) electrons. The summed E-state index contributed by atoms with van der Waals surface area (Å²) in [5.41, 5.74) is -3.91. The third kappa shape index (κ3) is 5.12. The maximum atomic E-state index is 13.6. The fourth-order valence-electron chi connectivity index (χ4n) is 3.15. The lowest BCUT2D eigenvalue weighted by Gasteiger charge is -2.40. The van der Waals surface area contributed by atoms with Gasteiger partial charge in [-0.25, -0.2) is 0 Å². The molecule has 0 spiro atoms. The van der Waals surface area contributed by atoms with Crippen LogP contribution in [-0.2, 0) is 25.8 Å². The first-order chi connectivity index (χ1) is 15.0. The summed E-state index contributed by atoms with van der Waals surface area (Å²) in [6.45, 7) is -0.617. The molecule has 0 aliphatic carbocycles. The van der Waals surface area contributed by atoms with E-state index < -0.39 is 49.6 Å². The molecule has 0 aliphatic rings. The second kappa shape index (κ2) is 10.2. The monoisotopic (exact) mass is 469 g/mol. The predicted molar refractivity (Wildman–Crippen MR) is 109 cm³/mol. The second-order valence-electron chi connectivity index (χ2n) is 6.77. The highest BCUT2D eigenvalue weighted by molar-refractivity contribution is 7.39. The Kier molecular flexibility index (Phi) is 8.07. The van der Waals surface area contributed by atoms with E-state index in [1.807, 2.05) is 0 Å². The summed E-state index contributed by atoms with van der Waals surface area (Å²) in [4.78, 5) is 45.9. The highest BCUT2D eigenvalue weighted by Gasteiger charge is 2.47. The maximum Gasteiger partial charge on any atom is 0.417 e. The quantitative estimate of drug-likeness (QED) is 0.451.